The molecule has 0 amide bonds. The van der Waals surface area contributed by atoms with Crippen molar-refractivity contribution < 1.29 is 4.74 Å². The Hall–Kier alpha value is -0.700. The zero-order valence-corrected chi connectivity index (χ0v) is 11.0. The third kappa shape index (κ3) is 4.23. The normalized spacial score (nSPS) is 14.7. The minimum Gasteiger partial charge on any atom is -0.488 e. The van der Waals surface area contributed by atoms with Gasteiger partial charge in [-0.3, -0.25) is 0 Å². The van der Waals surface area contributed by atoms with E-state index in [4.69, 9.17) is 27.9 Å². The van der Waals surface area contributed by atoms with E-state index in [2.05, 4.69) is 11.9 Å². The van der Waals surface area contributed by atoms with E-state index in [0.717, 1.165) is 12.1 Å². The van der Waals surface area contributed by atoms with Crippen molar-refractivity contribution in [2.45, 2.75) is 18.9 Å². The molecule has 92 valence electrons. The topological polar surface area (TPSA) is 21.3 Å². The molecule has 17 heavy (non-hydrogen) atoms. The second-order valence-electron chi connectivity index (χ2n) is 4.27. The van der Waals surface area contributed by atoms with Gasteiger partial charge in [0.1, 0.15) is 12.4 Å². The van der Waals surface area contributed by atoms with Crippen molar-refractivity contribution in [3.63, 3.8) is 0 Å². The van der Waals surface area contributed by atoms with Crippen LogP contribution in [0, 0.1) is 0 Å². The highest BCUT2D eigenvalue weighted by Crippen LogP contribution is 2.27. The Morgan fingerprint density at radius 1 is 1.41 bits per heavy atom. The van der Waals surface area contributed by atoms with Gasteiger partial charge in [0.2, 0.25) is 0 Å². The number of ether oxygens (including phenoxy) is 1. The molecule has 2 rings (SSSR count). The lowest BCUT2D eigenvalue weighted by molar-refractivity contribution is 0.348. The Labute approximate surface area is 112 Å². The molecular weight excluding hydrogens is 257 g/mol. The van der Waals surface area contributed by atoms with Crippen molar-refractivity contribution in [3.05, 3.63) is 40.4 Å². The van der Waals surface area contributed by atoms with E-state index >= 15 is 0 Å². The van der Waals surface area contributed by atoms with E-state index in [-0.39, 0.29) is 0 Å². The molecule has 2 nitrogen and oxygen atoms in total. The Morgan fingerprint density at radius 3 is 2.82 bits per heavy atom. The number of hydrogen-bond acceptors (Lipinski definition) is 2. The highest BCUT2D eigenvalue weighted by atomic mass is 35.5. The van der Waals surface area contributed by atoms with Gasteiger partial charge in [-0.2, -0.15) is 0 Å². The van der Waals surface area contributed by atoms with Crippen LogP contribution in [0.2, 0.25) is 10.0 Å². The van der Waals surface area contributed by atoms with Crippen molar-refractivity contribution in [2.75, 3.05) is 13.2 Å². The summed E-state index contributed by atoms with van der Waals surface area (Å²) in [6, 6.07) is 5.88. The van der Waals surface area contributed by atoms with Crippen LogP contribution in [-0.2, 0) is 0 Å². The van der Waals surface area contributed by atoms with Gasteiger partial charge in [-0.05, 0) is 36.6 Å². The monoisotopic (exact) mass is 271 g/mol. The lowest BCUT2D eigenvalue weighted by Gasteiger charge is -2.10. The Morgan fingerprint density at radius 2 is 2.18 bits per heavy atom. The summed E-state index contributed by atoms with van der Waals surface area (Å²) in [7, 11) is 0. The van der Waals surface area contributed by atoms with Crippen LogP contribution in [0.5, 0.6) is 5.75 Å². The summed E-state index contributed by atoms with van der Waals surface area (Å²) in [6.07, 6.45) is 2.55. The third-order valence-electron chi connectivity index (χ3n) is 2.54. The van der Waals surface area contributed by atoms with Crippen molar-refractivity contribution in [3.8, 4) is 5.75 Å². The fourth-order valence-electron chi connectivity index (χ4n) is 1.40. The molecule has 0 heterocycles. The summed E-state index contributed by atoms with van der Waals surface area (Å²) in [6.45, 7) is 5.23. The average Bonchev–Trinajstić information content (AvgIpc) is 3.09. The molecule has 0 atom stereocenters. The Kier molecular flexibility index (Phi) is 4.32. The number of nitrogens with one attached hydrogen (secondary N) is 1. The van der Waals surface area contributed by atoms with Crippen LogP contribution in [0.1, 0.15) is 12.8 Å². The first-order valence-corrected chi connectivity index (χ1v) is 6.38. The summed E-state index contributed by atoms with van der Waals surface area (Å²) in [4.78, 5) is 0. The summed E-state index contributed by atoms with van der Waals surface area (Å²) in [5, 5.41) is 4.52. The van der Waals surface area contributed by atoms with Crippen molar-refractivity contribution >= 4 is 23.2 Å². The summed E-state index contributed by atoms with van der Waals surface area (Å²) in [5.41, 5.74) is 1.02. The Balaban J connectivity index is 1.77. The number of halogens is 2. The predicted molar refractivity (Wildman–Crippen MR) is 72.1 cm³/mol. The highest BCUT2D eigenvalue weighted by Gasteiger charge is 2.20. The predicted octanol–water partition coefficient (Wildman–Crippen LogP) is 3.68. The van der Waals surface area contributed by atoms with E-state index in [1.807, 2.05) is 0 Å². The van der Waals surface area contributed by atoms with Gasteiger partial charge in [-0.1, -0.05) is 29.8 Å². The van der Waals surface area contributed by atoms with Crippen LogP contribution in [0.4, 0.5) is 0 Å². The quantitative estimate of drug-likeness (QED) is 0.797. The van der Waals surface area contributed by atoms with Crippen LogP contribution in [0.15, 0.2) is 30.4 Å². The molecule has 0 bridgehead atoms. The molecule has 0 radical (unpaired) electrons. The van der Waals surface area contributed by atoms with E-state index in [0.29, 0.717) is 28.4 Å². The van der Waals surface area contributed by atoms with Gasteiger partial charge < -0.3 is 10.1 Å². The van der Waals surface area contributed by atoms with E-state index in [1.54, 1.807) is 18.2 Å². The summed E-state index contributed by atoms with van der Waals surface area (Å²) < 4.78 is 5.58. The molecule has 1 aliphatic rings. The molecule has 0 aromatic heterocycles. The fraction of sp³-hybridized carbons (Fsp3) is 0.385. The Bertz CT molecular complexity index is 416. The first kappa shape index (κ1) is 12.7. The molecular formula is C13H15Cl2NO. The van der Waals surface area contributed by atoms with Crippen LogP contribution in [0.3, 0.4) is 0 Å². The average molecular weight is 272 g/mol. The standard InChI is InChI=1S/C13H15Cl2NO/c1-9(7-16-11-3-4-11)8-17-13-5-2-10(14)6-12(13)15/h2,5-6,11,16H,1,3-4,7-8H2. The van der Waals surface area contributed by atoms with E-state index < -0.39 is 0 Å². The zero-order valence-electron chi connectivity index (χ0n) is 9.51. The molecule has 1 fully saturated rings. The molecule has 0 spiro atoms. The molecule has 1 aromatic carbocycles. The number of hydrogen-bond donors (Lipinski definition) is 1. The van der Waals surface area contributed by atoms with Crippen LogP contribution in [0.25, 0.3) is 0 Å². The fourth-order valence-corrected chi connectivity index (χ4v) is 1.86. The summed E-state index contributed by atoms with van der Waals surface area (Å²) in [5.74, 6) is 0.642. The molecule has 1 N–H and O–H groups in total. The molecule has 1 aromatic rings. The van der Waals surface area contributed by atoms with Gasteiger partial charge in [0.05, 0.1) is 5.02 Å². The lowest BCUT2D eigenvalue weighted by Crippen LogP contribution is -2.21. The van der Waals surface area contributed by atoms with Gasteiger partial charge in [0, 0.05) is 17.6 Å². The summed E-state index contributed by atoms with van der Waals surface area (Å²) >= 11 is 11.8. The zero-order chi connectivity index (χ0) is 12.3. The molecule has 0 saturated heterocycles. The highest BCUT2D eigenvalue weighted by molar-refractivity contribution is 6.35. The van der Waals surface area contributed by atoms with Gasteiger partial charge in [0.25, 0.3) is 0 Å². The van der Waals surface area contributed by atoms with Crippen LogP contribution < -0.4 is 10.1 Å². The molecule has 4 heteroatoms. The number of benzene rings is 1. The maximum absolute atomic E-state index is 6.00. The van der Waals surface area contributed by atoms with E-state index in [1.165, 1.54) is 12.8 Å². The van der Waals surface area contributed by atoms with Gasteiger partial charge >= 0.3 is 0 Å². The molecule has 1 aliphatic carbocycles. The molecule has 0 aliphatic heterocycles. The maximum Gasteiger partial charge on any atom is 0.138 e. The van der Waals surface area contributed by atoms with Crippen molar-refractivity contribution in [1.82, 2.24) is 5.32 Å². The largest absolute Gasteiger partial charge is 0.488 e. The van der Waals surface area contributed by atoms with Gasteiger partial charge in [0.15, 0.2) is 0 Å². The minimum atomic E-state index is 0.473. The maximum atomic E-state index is 6.00. The third-order valence-corrected chi connectivity index (χ3v) is 3.07. The van der Waals surface area contributed by atoms with Crippen LogP contribution in [-0.4, -0.2) is 19.2 Å². The van der Waals surface area contributed by atoms with Crippen molar-refractivity contribution in [1.29, 1.82) is 0 Å². The first-order chi connectivity index (χ1) is 8.15. The van der Waals surface area contributed by atoms with Gasteiger partial charge in [-0.15, -0.1) is 0 Å². The van der Waals surface area contributed by atoms with Gasteiger partial charge in [-0.25, -0.2) is 0 Å². The minimum absolute atomic E-state index is 0.473. The van der Waals surface area contributed by atoms with E-state index in [9.17, 15) is 0 Å². The lowest BCUT2D eigenvalue weighted by atomic mass is 10.3. The smallest absolute Gasteiger partial charge is 0.138 e. The first-order valence-electron chi connectivity index (χ1n) is 5.63. The second-order valence-corrected chi connectivity index (χ2v) is 5.11. The SMILES string of the molecule is C=C(CNC1CC1)COc1ccc(Cl)cc1Cl. The molecule has 1 saturated carbocycles. The molecule has 0 unspecified atom stereocenters. The second kappa shape index (κ2) is 5.76. The van der Waals surface area contributed by atoms with Crippen LogP contribution >= 0.6 is 23.2 Å². The van der Waals surface area contributed by atoms with Crippen molar-refractivity contribution in [2.24, 2.45) is 0 Å². The number of rotatable bonds is 6.